The molecule has 1 aliphatic rings. The molecule has 1 aliphatic carbocycles. The van der Waals surface area contributed by atoms with Gasteiger partial charge >= 0.3 is 0 Å². The minimum atomic E-state index is 0.603. The van der Waals surface area contributed by atoms with E-state index >= 15 is 0 Å². The standard InChI is InChI=1S/C14H29NO/c1-4-5-6-7-8-12(2)15-14(11-16-3)13-9-10-13/h12-15H,4-11H2,1-3H3. The van der Waals surface area contributed by atoms with Crippen molar-refractivity contribution in [3.8, 4) is 0 Å². The molecule has 96 valence electrons. The lowest BCUT2D eigenvalue weighted by Gasteiger charge is -2.22. The average Bonchev–Trinajstić information content (AvgIpc) is 3.07. The maximum atomic E-state index is 5.29. The van der Waals surface area contributed by atoms with Gasteiger partial charge in [-0.25, -0.2) is 0 Å². The molecule has 1 saturated carbocycles. The van der Waals surface area contributed by atoms with Crippen molar-refractivity contribution in [3.05, 3.63) is 0 Å². The molecule has 1 fully saturated rings. The summed E-state index contributed by atoms with van der Waals surface area (Å²) in [5, 5.41) is 3.73. The Kier molecular flexibility index (Phi) is 7.06. The molecule has 1 N–H and O–H groups in total. The second kappa shape index (κ2) is 8.08. The molecule has 0 aliphatic heterocycles. The van der Waals surface area contributed by atoms with Crippen molar-refractivity contribution in [2.45, 2.75) is 70.9 Å². The minimum absolute atomic E-state index is 0.603. The van der Waals surface area contributed by atoms with Crippen LogP contribution in [0.25, 0.3) is 0 Å². The summed E-state index contributed by atoms with van der Waals surface area (Å²) < 4.78 is 5.29. The zero-order chi connectivity index (χ0) is 11.8. The highest BCUT2D eigenvalue weighted by molar-refractivity contribution is 4.87. The van der Waals surface area contributed by atoms with Gasteiger partial charge in [-0.15, -0.1) is 0 Å². The van der Waals surface area contributed by atoms with Crippen molar-refractivity contribution < 1.29 is 4.74 Å². The molecular weight excluding hydrogens is 198 g/mol. The van der Waals surface area contributed by atoms with Gasteiger partial charge in [-0.3, -0.25) is 0 Å². The second-order valence-electron chi connectivity index (χ2n) is 5.32. The summed E-state index contributed by atoms with van der Waals surface area (Å²) in [6.07, 6.45) is 9.57. The normalized spacial score (nSPS) is 19.7. The predicted molar refractivity (Wildman–Crippen MR) is 69.7 cm³/mol. The zero-order valence-corrected chi connectivity index (χ0v) is 11.3. The first-order valence-corrected chi connectivity index (χ1v) is 7.03. The van der Waals surface area contributed by atoms with E-state index < -0.39 is 0 Å². The van der Waals surface area contributed by atoms with E-state index in [0.29, 0.717) is 12.1 Å². The van der Waals surface area contributed by atoms with Gasteiger partial charge in [-0.1, -0.05) is 32.6 Å². The smallest absolute Gasteiger partial charge is 0.0618 e. The highest BCUT2D eigenvalue weighted by Gasteiger charge is 2.31. The van der Waals surface area contributed by atoms with E-state index in [2.05, 4.69) is 19.2 Å². The van der Waals surface area contributed by atoms with Crippen LogP contribution >= 0.6 is 0 Å². The molecule has 0 amide bonds. The van der Waals surface area contributed by atoms with E-state index in [9.17, 15) is 0 Å². The van der Waals surface area contributed by atoms with Gasteiger partial charge in [0.15, 0.2) is 0 Å². The second-order valence-corrected chi connectivity index (χ2v) is 5.32. The molecule has 0 radical (unpaired) electrons. The summed E-state index contributed by atoms with van der Waals surface area (Å²) in [4.78, 5) is 0. The highest BCUT2D eigenvalue weighted by Crippen LogP contribution is 2.33. The van der Waals surface area contributed by atoms with Crippen LogP contribution in [0.2, 0.25) is 0 Å². The van der Waals surface area contributed by atoms with E-state index in [4.69, 9.17) is 4.74 Å². The van der Waals surface area contributed by atoms with Crippen LogP contribution < -0.4 is 5.32 Å². The molecule has 2 nitrogen and oxygen atoms in total. The van der Waals surface area contributed by atoms with E-state index in [1.807, 2.05) is 7.11 Å². The summed E-state index contributed by atoms with van der Waals surface area (Å²) >= 11 is 0. The van der Waals surface area contributed by atoms with Crippen molar-refractivity contribution >= 4 is 0 Å². The maximum Gasteiger partial charge on any atom is 0.0618 e. The Bertz CT molecular complexity index is 168. The summed E-state index contributed by atoms with van der Waals surface area (Å²) in [7, 11) is 1.81. The van der Waals surface area contributed by atoms with Gasteiger partial charge in [0.1, 0.15) is 0 Å². The molecule has 0 bridgehead atoms. The molecule has 1 rings (SSSR count). The number of rotatable bonds is 10. The van der Waals surface area contributed by atoms with Crippen LogP contribution in [0.5, 0.6) is 0 Å². The van der Waals surface area contributed by atoms with Crippen LogP contribution in [0.3, 0.4) is 0 Å². The van der Waals surface area contributed by atoms with Gasteiger partial charge in [0.05, 0.1) is 6.61 Å². The first-order chi connectivity index (χ1) is 7.77. The molecular formula is C14H29NO. The SMILES string of the molecule is CCCCCCC(C)NC(COC)C1CC1. The van der Waals surface area contributed by atoms with Crippen LogP contribution in [-0.2, 0) is 4.74 Å². The van der Waals surface area contributed by atoms with Gasteiger partial charge in [-0.2, -0.15) is 0 Å². The van der Waals surface area contributed by atoms with Gasteiger partial charge < -0.3 is 10.1 Å². The van der Waals surface area contributed by atoms with Crippen LogP contribution in [0.1, 0.15) is 58.8 Å². The van der Waals surface area contributed by atoms with Crippen molar-refractivity contribution in [2.75, 3.05) is 13.7 Å². The Hall–Kier alpha value is -0.0800. The zero-order valence-electron chi connectivity index (χ0n) is 11.3. The van der Waals surface area contributed by atoms with E-state index in [-0.39, 0.29) is 0 Å². The average molecular weight is 227 g/mol. The molecule has 2 unspecified atom stereocenters. The van der Waals surface area contributed by atoms with E-state index in [1.165, 1.54) is 44.9 Å². The Balaban J connectivity index is 2.07. The predicted octanol–water partition coefficient (Wildman–Crippen LogP) is 3.36. The topological polar surface area (TPSA) is 21.3 Å². The third-order valence-electron chi connectivity index (χ3n) is 3.53. The van der Waals surface area contributed by atoms with Crippen molar-refractivity contribution in [1.29, 1.82) is 0 Å². The highest BCUT2D eigenvalue weighted by atomic mass is 16.5. The van der Waals surface area contributed by atoms with Gasteiger partial charge in [-0.05, 0) is 32.1 Å². The van der Waals surface area contributed by atoms with E-state index in [1.54, 1.807) is 0 Å². The third-order valence-corrected chi connectivity index (χ3v) is 3.53. The first kappa shape index (κ1) is 14.0. The van der Waals surface area contributed by atoms with Crippen molar-refractivity contribution in [3.63, 3.8) is 0 Å². The van der Waals surface area contributed by atoms with Crippen LogP contribution in [0.15, 0.2) is 0 Å². The molecule has 2 atom stereocenters. The Morgan fingerprint density at radius 2 is 2.00 bits per heavy atom. The third kappa shape index (κ3) is 5.86. The molecule has 0 aromatic rings. The van der Waals surface area contributed by atoms with Crippen LogP contribution in [-0.4, -0.2) is 25.8 Å². The lowest BCUT2D eigenvalue weighted by Crippen LogP contribution is -2.41. The first-order valence-electron chi connectivity index (χ1n) is 7.03. The fourth-order valence-electron chi connectivity index (χ4n) is 2.32. The lowest BCUT2D eigenvalue weighted by atomic mass is 10.1. The fraction of sp³-hybridized carbons (Fsp3) is 1.00. The summed E-state index contributed by atoms with van der Waals surface area (Å²) in [5.74, 6) is 0.887. The number of unbranched alkanes of at least 4 members (excludes halogenated alkanes) is 3. The van der Waals surface area contributed by atoms with Gasteiger partial charge in [0.2, 0.25) is 0 Å². The van der Waals surface area contributed by atoms with Crippen molar-refractivity contribution in [1.82, 2.24) is 5.32 Å². The van der Waals surface area contributed by atoms with Gasteiger partial charge in [0.25, 0.3) is 0 Å². The van der Waals surface area contributed by atoms with Gasteiger partial charge in [0, 0.05) is 19.2 Å². The van der Waals surface area contributed by atoms with Crippen molar-refractivity contribution in [2.24, 2.45) is 5.92 Å². The summed E-state index contributed by atoms with van der Waals surface area (Å²) in [6.45, 7) is 5.46. The molecule has 0 heterocycles. The number of nitrogens with one attached hydrogen (secondary N) is 1. The Morgan fingerprint density at radius 1 is 1.25 bits per heavy atom. The Morgan fingerprint density at radius 3 is 2.56 bits per heavy atom. The number of methoxy groups -OCH3 is 1. The molecule has 0 saturated heterocycles. The maximum absolute atomic E-state index is 5.29. The molecule has 0 aromatic heterocycles. The van der Waals surface area contributed by atoms with Crippen LogP contribution in [0, 0.1) is 5.92 Å². The molecule has 0 spiro atoms. The largest absolute Gasteiger partial charge is 0.383 e. The molecule has 2 heteroatoms. The quantitative estimate of drug-likeness (QED) is 0.578. The monoisotopic (exact) mass is 227 g/mol. The van der Waals surface area contributed by atoms with E-state index in [0.717, 1.165) is 12.5 Å². The Labute approximate surface area is 101 Å². The lowest BCUT2D eigenvalue weighted by molar-refractivity contribution is 0.151. The number of hydrogen-bond acceptors (Lipinski definition) is 2. The minimum Gasteiger partial charge on any atom is -0.383 e. The number of ether oxygens (including phenoxy) is 1. The molecule has 0 aromatic carbocycles. The molecule has 16 heavy (non-hydrogen) atoms. The number of hydrogen-bond donors (Lipinski definition) is 1. The van der Waals surface area contributed by atoms with Crippen LogP contribution in [0.4, 0.5) is 0 Å². The summed E-state index contributed by atoms with van der Waals surface area (Å²) in [5.41, 5.74) is 0. The summed E-state index contributed by atoms with van der Waals surface area (Å²) in [6, 6.07) is 1.25. The fourth-order valence-corrected chi connectivity index (χ4v) is 2.32.